The minimum Gasteiger partial charge on any atom is -0.322 e. The predicted octanol–water partition coefficient (Wildman–Crippen LogP) is 1.38. The first kappa shape index (κ1) is 7.78. The van der Waals surface area contributed by atoms with E-state index < -0.39 is 30.7 Å². The minimum absolute atomic E-state index is 0.903. The molecule has 1 rings (SSSR count). The second-order valence-corrected chi connectivity index (χ2v) is 2.60. The zero-order chi connectivity index (χ0) is 7.99. The normalized spacial score (nSPS) is 36.3. The second-order valence-electron chi connectivity index (χ2n) is 2.60. The molecule has 10 heavy (non-hydrogen) atoms. The summed E-state index contributed by atoms with van der Waals surface area (Å²) in [4.78, 5) is 0. The highest BCUT2D eigenvalue weighted by atomic mass is 19.3. The molecule has 1 atom stereocenters. The molecule has 5 heteroatoms. The van der Waals surface area contributed by atoms with Crippen LogP contribution in [-0.4, -0.2) is 17.9 Å². The van der Waals surface area contributed by atoms with Crippen LogP contribution in [0.1, 0.15) is 12.8 Å². The van der Waals surface area contributed by atoms with Crippen LogP contribution in [0, 0.1) is 0 Å². The van der Waals surface area contributed by atoms with Crippen molar-refractivity contribution in [3.05, 3.63) is 0 Å². The van der Waals surface area contributed by atoms with Gasteiger partial charge in [-0.25, -0.2) is 17.6 Å². The van der Waals surface area contributed by atoms with E-state index in [1.807, 2.05) is 0 Å². The van der Waals surface area contributed by atoms with Gasteiger partial charge in [-0.3, -0.25) is 0 Å². The number of hydrogen-bond donors (Lipinski definition) is 1. The quantitative estimate of drug-likeness (QED) is 0.528. The van der Waals surface area contributed by atoms with Gasteiger partial charge in [0.1, 0.15) is 0 Å². The molecule has 1 fully saturated rings. The summed E-state index contributed by atoms with van der Waals surface area (Å²) in [5, 5.41) is 0. The number of halogens is 4. The maximum Gasteiger partial charge on any atom is 0.268 e. The molecule has 1 unspecified atom stereocenters. The van der Waals surface area contributed by atoms with Gasteiger partial charge in [0.05, 0.1) is 12.5 Å². The fraction of sp³-hybridized carbons (Fsp3) is 1.00. The Bertz CT molecular complexity index is 145. The van der Waals surface area contributed by atoms with Crippen molar-refractivity contribution in [2.45, 2.75) is 30.7 Å². The molecule has 1 saturated carbocycles. The van der Waals surface area contributed by atoms with Crippen LogP contribution in [0.15, 0.2) is 0 Å². The molecule has 1 aliphatic carbocycles. The van der Waals surface area contributed by atoms with E-state index >= 15 is 0 Å². The van der Waals surface area contributed by atoms with Crippen molar-refractivity contribution in [1.82, 2.24) is 0 Å². The molecule has 0 bridgehead atoms. The van der Waals surface area contributed by atoms with Crippen molar-refractivity contribution in [3.63, 3.8) is 0 Å². The monoisotopic (exact) mass is 157 g/mol. The van der Waals surface area contributed by atoms with Crippen LogP contribution in [0.4, 0.5) is 17.6 Å². The molecule has 0 amide bonds. The molecule has 60 valence electrons. The Morgan fingerprint density at radius 3 is 1.80 bits per heavy atom. The van der Waals surface area contributed by atoms with Crippen LogP contribution >= 0.6 is 0 Å². The lowest BCUT2D eigenvalue weighted by Gasteiger charge is -2.11. The summed E-state index contributed by atoms with van der Waals surface area (Å²) in [6.45, 7) is 0. The van der Waals surface area contributed by atoms with Gasteiger partial charge >= 0.3 is 0 Å². The molecule has 0 aromatic heterocycles. The van der Waals surface area contributed by atoms with Crippen molar-refractivity contribution in [1.29, 1.82) is 0 Å². The van der Waals surface area contributed by atoms with Crippen molar-refractivity contribution < 1.29 is 17.6 Å². The molecular weight excluding hydrogens is 150 g/mol. The van der Waals surface area contributed by atoms with Gasteiger partial charge in [0.15, 0.2) is 0 Å². The first-order valence-corrected chi connectivity index (χ1v) is 2.85. The SMILES string of the molecule is NC1CC(F)(F)CC1(F)F. The standard InChI is InChI=1S/C5H7F4N/c6-4(7)1-3(10)5(8,9)2-4/h3H,1-2,10H2. The van der Waals surface area contributed by atoms with Gasteiger partial charge in [0.25, 0.3) is 11.8 Å². The molecule has 0 spiro atoms. The molecule has 1 aliphatic rings. The smallest absolute Gasteiger partial charge is 0.268 e. The van der Waals surface area contributed by atoms with Gasteiger partial charge in [-0.2, -0.15) is 0 Å². The average Bonchev–Trinajstić information content (AvgIpc) is 1.73. The summed E-state index contributed by atoms with van der Waals surface area (Å²) in [5.74, 6) is -6.66. The van der Waals surface area contributed by atoms with Crippen LogP contribution in [0.5, 0.6) is 0 Å². The lowest BCUT2D eigenvalue weighted by molar-refractivity contribution is -0.0551. The molecular formula is C5H7F4N. The first-order valence-electron chi connectivity index (χ1n) is 2.85. The Morgan fingerprint density at radius 1 is 1.20 bits per heavy atom. The summed E-state index contributed by atoms with van der Waals surface area (Å²) in [6.07, 6.45) is -2.30. The molecule has 1 nitrogen and oxygen atoms in total. The first-order chi connectivity index (χ1) is 4.33. The molecule has 0 radical (unpaired) electrons. The third-order valence-corrected chi connectivity index (χ3v) is 1.56. The van der Waals surface area contributed by atoms with E-state index in [1.165, 1.54) is 0 Å². The van der Waals surface area contributed by atoms with Crippen LogP contribution in [-0.2, 0) is 0 Å². The molecule has 0 saturated heterocycles. The summed E-state index contributed by atoms with van der Waals surface area (Å²) >= 11 is 0. The van der Waals surface area contributed by atoms with E-state index in [0.29, 0.717) is 0 Å². The zero-order valence-electron chi connectivity index (χ0n) is 5.08. The Balaban J connectivity index is 2.71. The average molecular weight is 157 g/mol. The maximum absolute atomic E-state index is 12.2. The van der Waals surface area contributed by atoms with Crippen LogP contribution in [0.25, 0.3) is 0 Å². The van der Waals surface area contributed by atoms with Crippen molar-refractivity contribution in [2.75, 3.05) is 0 Å². The highest BCUT2D eigenvalue weighted by Gasteiger charge is 2.56. The second kappa shape index (κ2) is 1.84. The van der Waals surface area contributed by atoms with E-state index in [-0.39, 0.29) is 0 Å². The number of hydrogen-bond acceptors (Lipinski definition) is 1. The van der Waals surface area contributed by atoms with Gasteiger partial charge in [0.2, 0.25) is 0 Å². The van der Waals surface area contributed by atoms with Crippen molar-refractivity contribution >= 4 is 0 Å². The van der Waals surface area contributed by atoms with Gasteiger partial charge in [-0.1, -0.05) is 0 Å². The third kappa shape index (κ3) is 1.23. The summed E-state index contributed by atoms with van der Waals surface area (Å²) < 4.78 is 48.7. The Kier molecular flexibility index (Phi) is 1.43. The Morgan fingerprint density at radius 2 is 1.70 bits per heavy atom. The van der Waals surface area contributed by atoms with Crippen molar-refractivity contribution in [3.8, 4) is 0 Å². The van der Waals surface area contributed by atoms with Crippen molar-refractivity contribution in [2.24, 2.45) is 5.73 Å². The highest BCUT2D eigenvalue weighted by Crippen LogP contribution is 2.43. The van der Waals surface area contributed by atoms with E-state index in [2.05, 4.69) is 0 Å². The van der Waals surface area contributed by atoms with Gasteiger partial charge < -0.3 is 5.73 Å². The molecule has 0 aliphatic heterocycles. The van der Waals surface area contributed by atoms with Gasteiger partial charge in [0, 0.05) is 6.42 Å². The number of alkyl halides is 4. The van der Waals surface area contributed by atoms with Gasteiger partial charge in [-0.05, 0) is 0 Å². The summed E-state index contributed by atoms with van der Waals surface area (Å²) in [6, 6.07) is -1.68. The molecule has 0 aromatic rings. The van der Waals surface area contributed by atoms with E-state index in [0.717, 1.165) is 0 Å². The number of nitrogens with two attached hydrogens (primary N) is 1. The number of rotatable bonds is 0. The third-order valence-electron chi connectivity index (χ3n) is 1.56. The van der Waals surface area contributed by atoms with Gasteiger partial charge in [-0.15, -0.1) is 0 Å². The molecule has 0 heterocycles. The predicted molar refractivity (Wildman–Crippen MR) is 27.1 cm³/mol. The van der Waals surface area contributed by atoms with Crippen LogP contribution in [0.2, 0.25) is 0 Å². The van der Waals surface area contributed by atoms with E-state index in [4.69, 9.17) is 5.73 Å². The molecule has 0 aromatic carbocycles. The minimum atomic E-state index is -3.39. The Labute approximate surface area is 55.2 Å². The fourth-order valence-electron chi connectivity index (χ4n) is 1.02. The van der Waals surface area contributed by atoms with E-state index in [9.17, 15) is 17.6 Å². The largest absolute Gasteiger partial charge is 0.322 e. The fourth-order valence-corrected chi connectivity index (χ4v) is 1.02. The summed E-state index contributed by atoms with van der Waals surface area (Å²) in [7, 11) is 0. The van der Waals surface area contributed by atoms with E-state index in [1.54, 1.807) is 0 Å². The molecule has 2 N–H and O–H groups in total. The zero-order valence-corrected chi connectivity index (χ0v) is 5.08. The topological polar surface area (TPSA) is 26.0 Å². The maximum atomic E-state index is 12.2. The Hall–Kier alpha value is -0.320. The summed E-state index contributed by atoms with van der Waals surface area (Å²) in [5.41, 5.74) is 4.76. The van der Waals surface area contributed by atoms with Crippen LogP contribution in [0.3, 0.4) is 0 Å². The van der Waals surface area contributed by atoms with Crippen LogP contribution < -0.4 is 5.73 Å². The lowest BCUT2D eigenvalue weighted by atomic mass is 10.2. The lowest BCUT2D eigenvalue weighted by Crippen LogP contribution is -2.34. The highest BCUT2D eigenvalue weighted by molar-refractivity contribution is 4.96.